The number of hydrogen-bond donors (Lipinski definition) is 2. The molecular formula is C20H18Cl3N5O2S. The van der Waals surface area contributed by atoms with Gasteiger partial charge < -0.3 is 15.2 Å². The van der Waals surface area contributed by atoms with Crippen LogP contribution >= 0.6 is 46.6 Å². The van der Waals surface area contributed by atoms with Crippen LogP contribution in [0, 0.1) is 0 Å². The van der Waals surface area contributed by atoms with Crippen LogP contribution in [0.3, 0.4) is 0 Å². The van der Waals surface area contributed by atoms with Gasteiger partial charge in [0.2, 0.25) is 5.91 Å². The molecule has 162 valence electrons. The predicted octanol–water partition coefficient (Wildman–Crippen LogP) is 5.00. The summed E-state index contributed by atoms with van der Waals surface area (Å²) >= 11 is 19.3. The fraction of sp³-hybridized carbons (Fsp3) is 0.200. The van der Waals surface area contributed by atoms with E-state index < -0.39 is 6.04 Å². The van der Waals surface area contributed by atoms with E-state index in [4.69, 9.17) is 34.8 Å². The Balaban J connectivity index is 1.60. The Bertz CT molecular complexity index is 1120. The van der Waals surface area contributed by atoms with Crippen molar-refractivity contribution in [2.24, 2.45) is 7.05 Å². The quantitative estimate of drug-likeness (QED) is 0.448. The van der Waals surface area contributed by atoms with E-state index in [9.17, 15) is 9.59 Å². The highest BCUT2D eigenvalue weighted by molar-refractivity contribution is 7.99. The fourth-order valence-electron chi connectivity index (χ4n) is 2.72. The molecule has 0 spiro atoms. The zero-order valence-electron chi connectivity index (χ0n) is 16.5. The third kappa shape index (κ3) is 5.92. The molecule has 2 aromatic carbocycles. The monoisotopic (exact) mass is 497 g/mol. The summed E-state index contributed by atoms with van der Waals surface area (Å²) in [5.41, 5.74) is 0.818. The van der Waals surface area contributed by atoms with E-state index in [0.29, 0.717) is 37.3 Å². The van der Waals surface area contributed by atoms with Gasteiger partial charge in [-0.15, -0.1) is 10.2 Å². The van der Waals surface area contributed by atoms with Crippen LogP contribution in [0.1, 0.15) is 29.1 Å². The number of carbonyl (C=O) groups is 2. The number of benzene rings is 2. The number of aromatic nitrogens is 3. The number of nitrogens with zero attached hydrogens (tertiary/aromatic N) is 3. The summed E-state index contributed by atoms with van der Waals surface area (Å²) in [4.78, 5) is 24.8. The summed E-state index contributed by atoms with van der Waals surface area (Å²) in [6.07, 6.45) is 0. The van der Waals surface area contributed by atoms with E-state index in [1.54, 1.807) is 61.0 Å². The molecule has 0 saturated carbocycles. The Morgan fingerprint density at radius 2 is 1.84 bits per heavy atom. The fourth-order valence-corrected chi connectivity index (χ4v) is 4.00. The first-order chi connectivity index (χ1) is 14.8. The lowest BCUT2D eigenvalue weighted by Crippen LogP contribution is -2.28. The van der Waals surface area contributed by atoms with Crippen LogP contribution in [0.4, 0.5) is 5.69 Å². The van der Waals surface area contributed by atoms with Crippen LogP contribution in [-0.2, 0) is 11.8 Å². The van der Waals surface area contributed by atoms with Crippen molar-refractivity contribution in [3.63, 3.8) is 0 Å². The molecule has 31 heavy (non-hydrogen) atoms. The van der Waals surface area contributed by atoms with Crippen LogP contribution in [-0.4, -0.2) is 32.3 Å². The molecule has 0 radical (unpaired) electrons. The molecule has 0 aliphatic carbocycles. The number of thioether (sulfide) groups is 1. The number of halogens is 3. The second-order valence-electron chi connectivity index (χ2n) is 6.54. The molecular weight excluding hydrogens is 481 g/mol. The maximum absolute atomic E-state index is 12.5. The summed E-state index contributed by atoms with van der Waals surface area (Å²) in [5.74, 6) is 0.0582. The maximum atomic E-state index is 12.5. The first-order valence-corrected chi connectivity index (χ1v) is 11.2. The van der Waals surface area contributed by atoms with Crippen molar-refractivity contribution in [3.05, 3.63) is 68.9 Å². The minimum Gasteiger partial charge on any atom is -0.342 e. The second-order valence-corrected chi connectivity index (χ2v) is 8.73. The molecule has 11 heteroatoms. The molecule has 3 rings (SSSR count). The summed E-state index contributed by atoms with van der Waals surface area (Å²) in [6, 6.07) is 11.2. The van der Waals surface area contributed by atoms with Crippen LogP contribution in [0.2, 0.25) is 15.1 Å². The van der Waals surface area contributed by atoms with Crippen molar-refractivity contribution in [2.45, 2.75) is 18.1 Å². The molecule has 2 N–H and O–H groups in total. The van der Waals surface area contributed by atoms with Gasteiger partial charge in [-0.05, 0) is 37.3 Å². The van der Waals surface area contributed by atoms with E-state index in [0.717, 1.165) is 0 Å². The Kier molecular flexibility index (Phi) is 7.83. The lowest BCUT2D eigenvalue weighted by atomic mass is 10.2. The van der Waals surface area contributed by atoms with Crippen molar-refractivity contribution in [1.82, 2.24) is 20.1 Å². The third-order valence-corrected chi connectivity index (χ3v) is 6.17. The molecule has 0 bridgehead atoms. The second kappa shape index (κ2) is 10.4. The van der Waals surface area contributed by atoms with Gasteiger partial charge in [0.1, 0.15) is 0 Å². The first kappa shape index (κ1) is 23.4. The maximum Gasteiger partial charge on any atom is 0.253 e. The van der Waals surface area contributed by atoms with Gasteiger partial charge in [0.05, 0.1) is 33.1 Å². The van der Waals surface area contributed by atoms with Crippen LogP contribution in [0.25, 0.3) is 0 Å². The Labute approximate surface area is 198 Å². The molecule has 7 nitrogen and oxygen atoms in total. The third-order valence-electron chi connectivity index (χ3n) is 4.26. The highest BCUT2D eigenvalue weighted by atomic mass is 35.5. The van der Waals surface area contributed by atoms with Crippen molar-refractivity contribution >= 4 is 64.1 Å². The smallest absolute Gasteiger partial charge is 0.253 e. The number of amides is 2. The van der Waals surface area contributed by atoms with Gasteiger partial charge in [0, 0.05) is 12.1 Å². The van der Waals surface area contributed by atoms with Gasteiger partial charge in [-0.1, -0.05) is 58.7 Å². The number of carbonyl (C=O) groups excluding carboxylic acids is 2. The van der Waals surface area contributed by atoms with E-state index in [2.05, 4.69) is 20.8 Å². The Hall–Kier alpha value is -2.26. The Morgan fingerprint density at radius 3 is 2.58 bits per heavy atom. The molecule has 3 aromatic rings. The summed E-state index contributed by atoms with van der Waals surface area (Å²) in [5, 5.41) is 15.6. The number of anilines is 1. The molecule has 0 unspecified atom stereocenters. The zero-order chi connectivity index (χ0) is 22.5. The molecule has 0 aliphatic heterocycles. The standard InChI is InChI=1S/C20H18Cl3N5O2S/c1-11(24-19(30)13-5-3-4-6-14(13)22)18-26-27-20(28(18)2)31-10-17(29)25-16-9-12(21)7-8-15(16)23/h3-9,11H,10H2,1-2H3,(H,24,30)(H,25,29)/t11-/m0/s1. The van der Waals surface area contributed by atoms with Gasteiger partial charge in [-0.25, -0.2) is 0 Å². The Morgan fingerprint density at radius 1 is 1.10 bits per heavy atom. The summed E-state index contributed by atoms with van der Waals surface area (Å²) in [6.45, 7) is 1.79. The summed E-state index contributed by atoms with van der Waals surface area (Å²) < 4.78 is 1.72. The molecule has 0 saturated heterocycles. The van der Waals surface area contributed by atoms with Crippen LogP contribution in [0.5, 0.6) is 0 Å². The van der Waals surface area contributed by atoms with E-state index in [1.165, 1.54) is 11.8 Å². The summed E-state index contributed by atoms with van der Waals surface area (Å²) in [7, 11) is 1.77. The minimum atomic E-state index is -0.422. The first-order valence-electron chi connectivity index (χ1n) is 9.08. The molecule has 0 aliphatic rings. The van der Waals surface area contributed by atoms with Gasteiger partial charge in [-0.3, -0.25) is 9.59 Å². The van der Waals surface area contributed by atoms with Gasteiger partial charge in [-0.2, -0.15) is 0 Å². The van der Waals surface area contributed by atoms with Gasteiger partial charge in [0.15, 0.2) is 11.0 Å². The SMILES string of the molecule is C[C@H](NC(=O)c1ccccc1Cl)c1nnc(SCC(=O)Nc2cc(Cl)ccc2Cl)n1C. The lowest BCUT2D eigenvalue weighted by molar-refractivity contribution is -0.113. The topological polar surface area (TPSA) is 88.9 Å². The molecule has 2 amide bonds. The average Bonchev–Trinajstić information content (AvgIpc) is 3.10. The minimum absolute atomic E-state index is 0.0924. The highest BCUT2D eigenvalue weighted by Gasteiger charge is 2.20. The largest absolute Gasteiger partial charge is 0.342 e. The van der Waals surface area contributed by atoms with E-state index in [1.807, 2.05) is 0 Å². The molecule has 1 atom stereocenters. The van der Waals surface area contributed by atoms with Crippen molar-refractivity contribution in [3.8, 4) is 0 Å². The highest BCUT2D eigenvalue weighted by Crippen LogP contribution is 2.26. The predicted molar refractivity (Wildman–Crippen MR) is 124 cm³/mol. The van der Waals surface area contributed by atoms with Crippen LogP contribution < -0.4 is 10.6 Å². The zero-order valence-corrected chi connectivity index (χ0v) is 19.6. The van der Waals surface area contributed by atoms with Gasteiger partial charge >= 0.3 is 0 Å². The van der Waals surface area contributed by atoms with E-state index in [-0.39, 0.29) is 17.6 Å². The lowest BCUT2D eigenvalue weighted by Gasteiger charge is -2.14. The number of rotatable bonds is 7. The number of nitrogens with one attached hydrogen (secondary N) is 2. The van der Waals surface area contributed by atoms with Crippen molar-refractivity contribution in [1.29, 1.82) is 0 Å². The number of hydrogen-bond acceptors (Lipinski definition) is 5. The van der Waals surface area contributed by atoms with Crippen LogP contribution in [0.15, 0.2) is 47.6 Å². The average molecular weight is 499 g/mol. The molecule has 1 aromatic heterocycles. The van der Waals surface area contributed by atoms with Crippen molar-refractivity contribution < 1.29 is 9.59 Å². The normalized spacial score (nSPS) is 11.8. The van der Waals surface area contributed by atoms with Gasteiger partial charge in [0.25, 0.3) is 5.91 Å². The van der Waals surface area contributed by atoms with E-state index >= 15 is 0 Å². The van der Waals surface area contributed by atoms with Crippen molar-refractivity contribution in [2.75, 3.05) is 11.1 Å². The molecule has 0 fully saturated rings. The molecule has 1 heterocycles.